The second-order valence-corrected chi connectivity index (χ2v) is 4.70. The zero-order valence-corrected chi connectivity index (χ0v) is 12.4. The Hall–Kier alpha value is -2.54. The summed E-state index contributed by atoms with van der Waals surface area (Å²) in [4.78, 5) is 21.8. The van der Waals surface area contributed by atoms with Crippen molar-refractivity contribution in [2.45, 2.75) is 0 Å². The maximum atomic E-state index is 11.6. The minimum atomic E-state index is -0.164. The van der Waals surface area contributed by atoms with Crippen LogP contribution in [0.2, 0.25) is 0 Å². The fourth-order valence-electron chi connectivity index (χ4n) is 1.46. The molecule has 0 aliphatic heterocycles. The summed E-state index contributed by atoms with van der Waals surface area (Å²) in [6.45, 7) is 0. The van der Waals surface area contributed by atoms with Crippen LogP contribution >= 0.6 is 15.9 Å². The van der Waals surface area contributed by atoms with Gasteiger partial charge >= 0.3 is 0 Å². The molecule has 3 aromatic rings. The molecule has 2 aromatic heterocycles. The molecule has 6 nitrogen and oxygen atoms in total. The minimum absolute atomic E-state index is 0.154. The molecule has 7 heteroatoms. The monoisotopic (exact) mass is 346 g/mol. The molecule has 0 saturated heterocycles. The molecule has 0 fully saturated rings. The number of rotatable bonds is 1. The van der Waals surface area contributed by atoms with Gasteiger partial charge in [-0.3, -0.25) is 9.59 Å². The first kappa shape index (κ1) is 14.9. The van der Waals surface area contributed by atoms with E-state index in [4.69, 9.17) is 0 Å². The van der Waals surface area contributed by atoms with Gasteiger partial charge in [-0.15, -0.1) is 0 Å². The van der Waals surface area contributed by atoms with Crippen molar-refractivity contribution in [1.29, 1.82) is 0 Å². The molecule has 0 unspecified atom stereocenters. The van der Waals surface area contributed by atoms with E-state index in [-0.39, 0.29) is 11.1 Å². The molecular weight excluding hydrogens is 336 g/mol. The van der Waals surface area contributed by atoms with Crippen LogP contribution in [0.4, 0.5) is 0 Å². The molecule has 0 amide bonds. The first-order chi connectivity index (χ1) is 10.2. The third-order valence-electron chi connectivity index (χ3n) is 2.38. The van der Waals surface area contributed by atoms with Crippen molar-refractivity contribution in [3.63, 3.8) is 0 Å². The highest BCUT2D eigenvalue weighted by Crippen LogP contribution is 2.04. The van der Waals surface area contributed by atoms with Crippen molar-refractivity contribution in [2.24, 2.45) is 0 Å². The van der Waals surface area contributed by atoms with E-state index in [2.05, 4.69) is 31.2 Å². The number of H-pyrrole nitrogens is 1. The van der Waals surface area contributed by atoms with E-state index in [9.17, 15) is 9.59 Å². The SMILES string of the molecule is O=c1c(Br)ccnn1-c1ccccc1.O=c1cccn[nH]1. The molecule has 1 N–H and O–H groups in total. The minimum Gasteiger partial charge on any atom is -0.268 e. The van der Waals surface area contributed by atoms with Crippen LogP contribution in [-0.4, -0.2) is 20.0 Å². The Balaban J connectivity index is 0.000000194. The molecule has 106 valence electrons. The lowest BCUT2D eigenvalue weighted by atomic mass is 10.3. The number of aromatic nitrogens is 4. The van der Waals surface area contributed by atoms with E-state index in [0.717, 1.165) is 5.69 Å². The van der Waals surface area contributed by atoms with Crippen molar-refractivity contribution in [1.82, 2.24) is 20.0 Å². The van der Waals surface area contributed by atoms with Gasteiger partial charge in [0.2, 0.25) is 0 Å². The summed E-state index contributed by atoms with van der Waals surface area (Å²) in [5, 5.41) is 9.66. The second-order valence-electron chi connectivity index (χ2n) is 3.84. The lowest BCUT2D eigenvalue weighted by Crippen LogP contribution is -2.20. The van der Waals surface area contributed by atoms with Gasteiger partial charge < -0.3 is 0 Å². The van der Waals surface area contributed by atoms with Gasteiger partial charge in [-0.25, -0.2) is 5.10 Å². The van der Waals surface area contributed by atoms with E-state index in [1.807, 2.05) is 30.3 Å². The highest BCUT2D eigenvalue weighted by Gasteiger charge is 2.02. The van der Waals surface area contributed by atoms with Gasteiger partial charge in [0.25, 0.3) is 11.1 Å². The number of nitrogens with one attached hydrogen (secondary N) is 1. The highest BCUT2D eigenvalue weighted by molar-refractivity contribution is 9.10. The first-order valence-electron chi connectivity index (χ1n) is 5.97. The van der Waals surface area contributed by atoms with Crippen LogP contribution in [0.25, 0.3) is 5.69 Å². The van der Waals surface area contributed by atoms with Gasteiger partial charge in [0.05, 0.1) is 10.2 Å². The van der Waals surface area contributed by atoms with Crippen molar-refractivity contribution < 1.29 is 0 Å². The maximum absolute atomic E-state index is 11.6. The van der Waals surface area contributed by atoms with Crippen LogP contribution in [0.5, 0.6) is 0 Å². The predicted molar refractivity (Wildman–Crippen MR) is 82.4 cm³/mol. The molecule has 0 spiro atoms. The first-order valence-corrected chi connectivity index (χ1v) is 6.77. The Morgan fingerprint density at radius 2 is 1.71 bits per heavy atom. The van der Waals surface area contributed by atoms with E-state index in [0.29, 0.717) is 4.47 Å². The topological polar surface area (TPSA) is 80.6 Å². The molecule has 21 heavy (non-hydrogen) atoms. The molecule has 2 heterocycles. The van der Waals surface area contributed by atoms with Gasteiger partial charge in [-0.2, -0.15) is 14.9 Å². The van der Waals surface area contributed by atoms with E-state index < -0.39 is 0 Å². The molecule has 0 aliphatic carbocycles. The lowest BCUT2D eigenvalue weighted by Gasteiger charge is -2.02. The molecular formula is C14H11BrN4O2. The van der Waals surface area contributed by atoms with Crippen LogP contribution in [0.15, 0.2) is 75.0 Å². The second kappa shape index (κ2) is 7.30. The summed E-state index contributed by atoms with van der Waals surface area (Å²) in [5.74, 6) is 0. The van der Waals surface area contributed by atoms with Crippen LogP contribution in [0.1, 0.15) is 0 Å². The van der Waals surface area contributed by atoms with Crippen LogP contribution in [0.3, 0.4) is 0 Å². The summed E-state index contributed by atoms with van der Waals surface area (Å²) in [6, 6.07) is 13.9. The zero-order valence-electron chi connectivity index (χ0n) is 10.8. The molecule has 0 saturated carbocycles. The largest absolute Gasteiger partial charge is 0.285 e. The van der Waals surface area contributed by atoms with Crippen molar-refractivity contribution in [2.75, 3.05) is 0 Å². The predicted octanol–water partition coefficient (Wildman–Crippen LogP) is 1.76. The summed E-state index contributed by atoms with van der Waals surface area (Å²) in [5.41, 5.74) is 0.444. The van der Waals surface area contributed by atoms with Crippen LogP contribution in [0, 0.1) is 0 Å². The Bertz CT molecular complexity index is 797. The third-order valence-corrected chi connectivity index (χ3v) is 2.99. The standard InChI is InChI=1S/C10H7BrN2O.C4H4N2O/c11-9-6-7-12-13(10(9)14)8-4-2-1-3-5-8;7-4-2-1-3-5-6-4/h1-7H;1-3H,(H,6,7). The number of halogens is 1. The zero-order chi connectivity index (χ0) is 15.1. The summed E-state index contributed by atoms with van der Waals surface area (Å²) in [7, 11) is 0. The number of hydrogen-bond acceptors (Lipinski definition) is 4. The van der Waals surface area contributed by atoms with Crippen molar-refractivity contribution >= 4 is 15.9 Å². The number of hydrogen-bond donors (Lipinski definition) is 1. The highest BCUT2D eigenvalue weighted by atomic mass is 79.9. The van der Waals surface area contributed by atoms with Gasteiger partial charge in [0.1, 0.15) is 0 Å². The van der Waals surface area contributed by atoms with E-state index in [1.165, 1.54) is 16.9 Å². The fraction of sp³-hybridized carbons (Fsp3) is 0. The molecule has 0 radical (unpaired) electrons. The average Bonchev–Trinajstić information content (AvgIpc) is 2.52. The van der Waals surface area contributed by atoms with Gasteiger partial charge in [0.15, 0.2) is 0 Å². The van der Waals surface area contributed by atoms with Crippen LogP contribution in [-0.2, 0) is 0 Å². The van der Waals surface area contributed by atoms with Gasteiger partial charge in [-0.1, -0.05) is 18.2 Å². The third kappa shape index (κ3) is 4.22. The maximum Gasteiger partial charge on any atom is 0.285 e. The van der Waals surface area contributed by atoms with Crippen LogP contribution < -0.4 is 11.1 Å². The average molecular weight is 347 g/mol. The summed E-state index contributed by atoms with van der Waals surface area (Å²) < 4.78 is 1.86. The smallest absolute Gasteiger partial charge is 0.268 e. The quantitative estimate of drug-likeness (QED) is 0.728. The van der Waals surface area contributed by atoms with Crippen molar-refractivity contribution in [3.05, 3.63) is 86.1 Å². The number of benzene rings is 1. The number of aromatic amines is 1. The molecule has 0 bridgehead atoms. The fourth-order valence-corrected chi connectivity index (χ4v) is 1.74. The number of para-hydroxylation sites is 1. The molecule has 0 aliphatic rings. The molecule has 1 aromatic carbocycles. The molecule has 3 rings (SSSR count). The lowest BCUT2D eigenvalue weighted by molar-refractivity contribution is 0.801. The molecule has 0 atom stereocenters. The van der Waals surface area contributed by atoms with Crippen molar-refractivity contribution in [3.8, 4) is 5.69 Å². The summed E-state index contributed by atoms with van der Waals surface area (Å²) in [6.07, 6.45) is 3.10. The van der Waals surface area contributed by atoms with E-state index >= 15 is 0 Å². The van der Waals surface area contributed by atoms with Gasteiger partial charge in [0, 0.05) is 18.5 Å². The number of nitrogens with zero attached hydrogens (tertiary/aromatic N) is 3. The summed E-state index contributed by atoms with van der Waals surface area (Å²) >= 11 is 3.17. The Morgan fingerprint density at radius 1 is 0.952 bits per heavy atom. The Kier molecular flexibility index (Phi) is 5.16. The Morgan fingerprint density at radius 3 is 2.29 bits per heavy atom. The normalized spacial score (nSPS) is 9.57. The van der Waals surface area contributed by atoms with E-state index in [1.54, 1.807) is 18.3 Å². The Labute approximate surface area is 128 Å². The van der Waals surface area contributed by atoms with Gasteiger partial charge in [-0.05, 0) is 40.2 Å².